The minimum atomic E-state index is -0.0264. The van der Waals surface area contributed by atoms with E-state index in [9.17, 15) is 4.79 Å². The van der Waals surface area contributed by atoms with Crippen LogP contribution in [0.1, 0.15) is 17.7 Å². The van der Waals surface area contributed by atoms with Crippen LogP contribution < -0.4 is 15.8 Å². The van der Waals surface area contributed by atoms with Crippen molar-refractivity contribution in [3.8, 4) is 5.75 Å². The molecule has 1 amide bonds. The fourth-order valence-electron chi connectivity index (χ4n) is 1.86. The van der Waals surface area contributed by atoms with Crippen LogP contribution in [-0.2, 0) is 11.2 Å². The van der Waals surface area contributed by atoms with Gasteiger partial charge >= 0.3 is 0 Å². The maximum Gasteiger partial charge on any atom is 0.224 e. The first-order chi connectivity index (χ1) is 9.69. The number of benzene rings is 1. The summed E-state index contributed by atoms with van der Waals surface area (Å²) in [5.41, 5.74) is 6.97. The van der Waals surface area contributed by atoms with Crippen molar-refractivity contribution >= 4 is 28.6 Å². The summed E-state index contributed by atoms with van der Waals surface area (Å²) in [5, 5.41) is 4.87. The number of methoxy groups -OCH3 is 1. The number of anilines is 2. The van der Waals surface area contributed by atoms with Crippen molar-refractivity contribution in [3.05, 3.63) is 40.6 Å². The number of carbonyl (C=O) groups is 1. The van der Waals surface area contributed by atoms with E-state index in [4.69, 9.17) is 10.5 Å². The van der Waals surface area contributed by atoms with Crippen LogP contribution in [-0.4, -0.2) is 13.0 Å². The van der Waals surface area contributed by atoms with E-state index in [-0.39, 0.29) is 5.91 Å². The second-order valence-corrected chi connectivity index (χ2v) is 5.47. The number of hydrogen-bond donors (Lipinski definition) is 2. The van der Waals surface area contributed by atoms with Gasteiger partial charge in [0.15, 0.2) is 0 Å². The van der Waals surface area contributed by atoms with Gasteiger partial charge in [0.1, 0.15) is 5.75 Å². The number of nitrogens with two attached hydrogens (primary N) is 1. The Morgan fingerprint density at radius 3 is 2.95 bits per heavy atom. The van der Waals surface area contributed by atoms with Gasteiger partial charge in [-0.2, -0.15) is 0 Å². The van der Waals surface area contributed by atoms with Crippen LogP contribution >= 0.6 is 11.3 Å². The van der Waals surface area contributed by atoms with Crippen molar-refractivity contribution in [1.82, 2.24) is 0 Å². The topological polar surface area (TPSA) is 64.3 Å². The summed E-state index contributed by atoms with van der Waals surface area (Å²) < 4.78 is 5.12. The lowest BCUT2D eigenvalue weighted by atomic mass is 10.2. The highest BCUT2D eigenvalue weighted by molar-refractivity contribution is 7.09. The Kier molecular flexibility index (Phi) is 5.01. The molecule has 3 N–H and O–H groups in total. The summed E-state index contributed by atoms with van der Waals surface area (Å²) in [7, 11) is 1.58. The maximum absolute atomic E-state index is 11.9. The van der Waals surface area contributed by atoms with Crippen LogP contribution in [0.2, 0.25) is 0 Å². The number of rotatable bonds is 6. The molecule has 1 aromatic heterocycles. The number of amides is 1. The zero-order chi connectivity index (χ0) is 14.4. The first-order valence-corrected chi connectivity index (χ1v) is 7.33. The number of aryl methyl sites for hydroxylation is 1. The lowest BCUT2D eigenvalue weighted by Crippen LogP contribution is -2.12. The Morgan fingerprint density at radius 2 is 2.25 bits per heavy atom. The Labute approximate surface area is 122 Å². The molecule has 0 saturated carbocycles. The molecule has 0 atom stereocenters. The van der Waals surface area contributed by atoms with E-state index in [0.29, 0.717) is 23.5 Å². The molecule has 2 aromatic rings. The molecule has 0 spiro atoms. The summed E-state index contributed by atoms with van der Waals surface area (Å²) in [4.78, 5) is 13.2. The second-order valence-electron chi connectivity index (χ2n) is 4.43. The first-order valence-electron chi connectivity index (χ1n) is 6.45. The summed E-state index contributed by atoms with van der Waals surface area (Å²) in [6, 6.07) is 9.33. The van der Waals surface area contributed by atoms with Crippen molar-refractivity contribution in [3.63, 3.8) is 0 Å². The number of nitrogen functional groups attached to an aromatic ring is 1. The van der Waals surface area contributed by atoms with Crippen molar-refractivity contribution < 1.29 is 9.53 Å². The van der Waals surface area contributed by atoms with Gasteiger partial charge in [-0.15, -0.1) is 11.3 Å². The molecule has 0 fully saturated rings. The van der Waals surface area contributed by atoms with Crippen molar-refractivity contribution in [1.29, 1.82) is 0 Å². The minimum absolute atomic E-state index is 0.0264. The van der Waals surface area contributed by atoms with E-state index >= 15 is 0 Å². The third-order valence-corrected chi connectivity index (χ3v) is 3.88. The highest BCUT2D eigenvalue weighted by atomic mass is 32.1. The third-order valence-electron chi connectivity index (χ3n) is 2.94. The SMILES string of the molecule is COc1ccc(N)c(NC(=O)CCCc2cccs2)c1. The molecule has 0 aliphatic rings. The molecule has 5 heteroatoms. The monoisotopic (exact) mass is 290 g/mol. The molecule has 20 heavy (non-hydrogen) atoms. The van der Waals surface area contributed by atoms with Crippen LogP contribution in [0.25, 0.3) is 0 Å². The molecule has 0 unspecified atom stereocenters. The van der Waals surface area contributed by atoms with E-state index in [2.05, 4.69) is 11.4 Å². The average Bonchev–Trinajstić information content (AvgIpc) is 2.94. The van der Waals surface area contributed by atoms with Gasteiger partial charge in [0.2, 0.25) is 5.91 Å². The van der Waals surface area contributed by atoms with Gasteiger partial charge in [-0.25, -0.2) is 0 Å². The Balaban J connectivity index is 1.84. The average molecular weight is 290 g/mol. The molecular formula is C15H18N2O2S. The molecule has 1 aromatic carbocycles. The molecule has 2 rings (SSSR count). The minimum Gasteiger partial charge on any atom is -0.497 e. The van der Waals surface area contributed by atoms with E-state index in [0.717, 1.165) is 12.8 Å². The molecule has 0 bridgehead atoms. The third kappa shape index (κ3) is 3.99. The van der Waals surface area contributed by atoms with Gasteiger partial charge < -0.3 is 15.8 Å². The number of ether oxygens (including phenoxy) is 1. The van der Waals surface area contributed by atoms with E-state index in [1.54, 1.807) is 36.6 Å². The maximum atomic E-state index is 11.9. The number of thiophene rings is 1. The zero-order valence-corrected chi connectivity index (χ0v) is 12.2. The summed E-state index contributed by atoms with van der Waals surface area (Å²) in [5.74, 6) is 0.648. The van der Waals surface area contributed by atoms with Crippen molar-refractivity contribution in [2.24, 2.45) is 0 Å². The van der Waals surface area contributed by atoms with Crippen LogP contribution in [0, 0.1) is 0 Å². The van der Waals surface area contributed by atoms with Gasteiger partial charge in [-0.3, -0.25) is 4.79 Å². The number of nitrogens with one attached hydrogen (secondary N) is 1. The van der Waals surface area contributed by atoms with Gasteiger partial charge in [0.05, 0.1) is 18.5 Å². The molecule has 1 heterocycles. The highest BCUT2D eigenvalue weighted by Gasteiger charge is 2.07. The van der Waals surface area contributed by atoms with Crippen LogP contribution in [0.5, 0.6) is 5.75 Å². The molecule has 4 nitrogen and oxygen atoms in total. The molecule has 0 aliphatic heterocycles. The predicted octanol–water partition coefficient (Wildman–Crippen LogP) is 3.30. The quantitative estimate of drug-likeness (QED) is 0.802. The normalized spacial score (nSPS) is 10.2. The van der Waals surface area contributed by atoms with Gasteiger partial charge in [-0.1, -0.05) is 6.07 Å². The second kappa shape index (κ2) is 6.96. The van der Waals surface area contributed by atoms with Crippen LogP contribution in [0.4, 0.5) is 11.4 Å². The summed E-state index contributed by atoms with van der Waals surface area (Å²) in [6.45, 7) is 0. The predicted molar refractivity (Wildman–Crippen MR) is 83.3 cm³/mol. The standard InChI is InChI=1S/C15H18N2O2S/c1-19-11-7-8-13(16)14(10-11)17-15(18)6-2-4-12-5-3-9-20-12/h3,5,7-10H,2,4,6,16H2,1H3,(H,17,18). The lowest BCUT2D eigenvalue weighted by Gasteiger charge is -2.09. The Bertz CT molecular complexity index is 567. The molecular weight excluding hydrogens is 272 g/mol. The zero-order valence-electron chi connectivity index (χ0n) is 11.4. The van der Waals surface area contributed by atoms with Crippen molar-refractivity contribution in [2.75, 3.05) is 18.2 Å². The lowest BCUT2D eigenvalue weighted by molar-refractivity contribution is -0.116. The first kappa shape index (κ1) is 14.4. The van der Waals surface area contributed by atoms with Crippen molar-refractivity contribution in [2.45, 2.75) is 19.3 Å². The fourth-order valence-corrected chi connectivity index (χ4v) is 2.61. The highest BCUT2D eigenvalue weighted by Crippen LogP contribution is 2.24. The van der Waals surface area contributed by atoms with Crippen LogP contribution in [0.3, 0.4) is 0 Å². The molecule has 0 aliphatic carbocycles. The molecule has 0 saturated heterocycles. The molecule has 0 radical (unpaired) electrons. The van der Waals surface area contributed by atoms with Gasteiger partial charge in [-0.05, 0) is 36.4 Å². The number of hydrogen-bond acceptors (Lipinski definition) is 4. The van der Waals surface area contributed by atoms with Gasteiger partial charge in [0, 0.05) is 17.4 Å². The summed E-state index contributed by atoms with van der Waals surface area (Å²) >= 11 is 1.72. The molecule has 106 valence electrons. The fraction of sp³-hybridized carbons (Fsp3) is 0.267. The van der Waals surface area contributed by atoms with E-state index in [1.807, 2.05) is 11.4 Å². The summed E-state index contributed by atoms with van der Waals surface area (Å²) in [6.07, 6.45) is 2.24. The Morgan fingerprint density at radius 1 is 1.40 bits per heavy atom. The van der Waals surface area contributed by atoms with Crippen LogP contribution in [0.15, 0.2) is 35.7 Å². The van der Waals surface area contributed by atoms with E-state index in [1.165, 1.54) is 4.88 Å². The largest absolute Gasteiger partial charge is 0.497 e. The number of carbonyl (C=O) groups excluding carboxylic acids is 1. The Hall–Kier alpha value is -2.01. The van der Waals surface area contributed by atoms with E-state index < -0.39 is 0 Å². The smallest absolute Gasteiger partial charge is 0.224 e. The van der Waals surface area contributed by atoms with Gasteiger partial charge in [0.25, 0.3) is 0 Å².